The Kier molecular flexibility index (Phi) is 6.16. The maximum absolute atomic E-state index is 12.0. The molecule has 5 heterocycles. The van der Waals surface area contributed by atoms with Crippen LogP contribution in [0.2, 0.25) is 0 Å². The molecule has 4 aromatic rings. The number of nitrogen functional groups attached to an aromatic ring is 1. The maximum Gasteiger partial charge on any atom is 0.409 e. The molecule has 0 atom stereocenters. The van der Waals surface area contributed by atoms with Crippen LogP contribution in [0.3, 0.4) is 0 Å². The van der Waals surface area contributed by atoms with Gasteiger partial charge in [-0.15, -0.1) is 0 Å². The third-order valence-corrected chi connectivity index (χ3v) is 7.29. The van der Waals surface area contributed by atoms with E-state index >= 15 is 0 Å². The van der Waals surface area contributed by atoms with Gasteiger partial charge in [0.05, 0.1) is 17.6 Å². The lowest BCUT2D eigenvalue weighted by molar-refractivity contribution is 0.0970. The highest BCUT2D eigenvalue weighted by molar-refractivity contribution is 6.00. The first-order chi connectivity index (χ1) is 18.5. The minimum atomic E-state index is -0.247. The number of likely N-dealkylation sites (tertiary alicyclic amines) is 1. The number of ether oxygens (including phenoxy) is 1. The van der Waals surface area contributed by atoms with Gasteiger partial charge in [-0.1, -0.05) is 5.16 Å². The quantitative estimate of drug-likeness (QED) is 0.391. The molecule has 1 amide bonds. The molecule has 12 nitrogen and oxygen atoms in total. The summed E-state index contributed by atoms with van der Waals surface area (Å²) in [5, 5.41) is 9.93. The van der Waals surface area contributed by atoms with Crippen LogP contribution in [-0.4, -0.2) is 65.6 Å². The zero-order valence-corrected chi connectivity index (χ0v) is 21.8. The summed E-state index contributed by atoms with van der Waals surface area (Å²) in [5.41, 5.74) is 9.86. The molecule has 2 fully saturated rings. The fourth-order valence-corrected chi connectivity index (χ4v) is 5.11. The number of amides is 1. The average molecular weight is 518 g/mol. The molecule has 2 N–H and O–H groups in total. The molecular formula is C26H31N9O3. The topological polar surface area (TPSA) is 151 Å². The van der Waals surface area contributed by atoms with Gasteiger partial charge in [0.25, 0.3) is 0 Å². The Labute approximate surface area is 219 Å². The number of nitrogens with zero attached hydrogens (tertiary/aromatic N) is 8. The normalized spacial score (nSPS) is 16.5. The molecule has 0 spiro atoms. The molecule has 38 heavy (non-hydrogen) atoms. The number of anilines is 1. The maximum atomic E-state index is 12.0. The molecular weight excluding hydrogens is 486 g/mol. The second-order valence-corrected chi connectivity index (χ2v) is 10.2. The van der Waals surface area contributed by atoms with Crippen LogP contribution in [0.4, 0.5) is 10.6 Å². The first-order valence-corrected chi connectivity index (χ1v) is 13.2. The minimum Gasteiger partial charge on any atom is -0.450 e. The van der Waals surface area contributed by atoms with Crippen molar-refractivity contribution in [1.29, 1.82) is 0 Å². The summed E-state index contributed by atoms with van der Waals surface area (Å²) in [7, 11) is 0. The lowest BCUT2D eigenvalue weighted by Crippen LogP contribution is -2.38. The Morgan fingerprint density at radius 3 is 2.47 bits per heavy atom. The third kappa shape index (κ3) is 4.23. The van der Waals surface area contributed by atoms with Crippen LogP contribution in [0, 0.1) is 0 Å². The van der Waals surface area contributed by atoms with Crippen LogP contribution in [-0.2, 0) is 4.74 Å². The molecule has 0 bridgehead atoms. The van der Waals surface area contributed by atoms with Gasteiger partial charge < -0.3 is 19.9 Å². The second-order valence-electron chi connectivity index (χ2n) is 10.2. The van der Waals surface area contributed by atoms with Gasteiger partial charge in [-0.25, -0.2) is 29.4 Å². The van der Waals surface area contributed by atoms with Crippen LogP contribution >= 0.6 is 0 Å². The van der Waals surface area contributed by atoms with Gasteiger partial charge in [0.15, 0.2) is 17.2 Å². The van der Waals surface area contributed by atoms with Gasteiger partial charge in [0.2, 0.25) is 0 Å². The smallest absolute Gasteiger partial charge is 0.409 e. The zero-order valence-electron chi connectivity index (χ0n) is 21.8. The first-order valence-electron chi connectivity index (χ1n) is 13.2. The van der Waals surface area contributed by atoms with Gasteiger partial charge in [0.1, 0.15) is 23.5 Å². The van der Waals surface area contributed by atoms with Crippen molar-refractivity contribution in [3.05, 3.63) is 30.0 Å². The third-order valence-electron chi connectivity index (χ3n) is 7.29. The lowest BCUT2D eigenvalue weighted by Gasteiger charge is -2.31. The number of hydrogen-bond acceptors (Lipinski definition) is 10. The predicted octanol–water partition coefficient (Wildman–Crippen LogP) is 4.31. The van der Waals surface area contributed by atoms with Gasteiger partial charge in [-0.3, -0.25) is 0 Å². The predicted molar refractivity (Wildman–Crippen MR) is 139 cm³/mol. The van der Waals surface area contributed by atoms with Crippen molar-refractivity contribution in [1.82, 2.24) is 39.8 Å². The monoisotopic (exact) mass is 517 g/mol. The summed E-state index contributed by atoms with van der Waals surface area (Å²) >= 11 is 0. The van der Waals surface area contributed by atoms with Gasteiger partial charge in [0, 0.05) is 37.4 Å². The molecule has 0 radical (unpaired) electrons. The summed E-state index contributed by atoms with van der Waals surface area (Å²) in [6.45, 7) is 7.58. The largest absolute Gasteiger partial charge is 0.450 e. The molecule has 0 unspecified atom stereocenters. The number of carbonyl (C=O) groups excluding carboxylic acids is 1. The number of hydrogen-bond donors (Lipinski definition) is 1. The molecule has 0 aromatic carbocycles. The Morgan fingerprint density at radius 1 is 1.08 bits per heavy atom. The summed E-state index contributed by atoms with van der Waals surface area (Å²) in [6.07, 6.45) is 8.70. The molecule has 2 aliphatic rings. The molecule has 1 saturated carbocycles. The standard InChI is InChI=1S/C26H31N9O3/c1-4-37-26(36)34-9-7-15(8-10-34)17-11-28-24(29-12-17)18-21(33-38-22(18)16-5-6-16)20-19-23(27)30-13-31-25(19)35(32-20)14(2)3/h11-16H,4-10H2,1-3H3,(H2,27,30,31). The Bertz CT molecular complexity index is 1470. The van der Waals surface area contributed by atoms with Crippen molar-refractivity contribution in [3.63, 3.8) is 0 Å². The van der Waals surface area contributed by atoms with Crippen molar-refractivity contribution in [2.75, 3.05) is 25.4 Å². The molecule has 4 aromatic heterocycles. The van der Waals surface area contributed by atoms with E-state index < -0.39 is 0 Å². The molecule has 6 rings (SSSR count). The van der Waals surface area contributed by atoms with Crippen LogP contribution < -0.4 is 5.73 Å². The van der Waals surface area contributed by atoms with E-state index in [2.05, 4.69) is 15.1 Å². The van der Waals surface area contributed by atoms with E-state index in [0.717, 1.165) is 42.6 Å². The van der Waals surface area contributed by atoms with E-state index in [1.807, 2.05) is 37.8 Å². The number of aromatic nitrogens is 7. The number of rotatable bonds is 6. The van der Waals surface area contributed by atoms with Gasteiger partial charge in [-0.2, -0.15) is 5.10 Å². The van der Waals surface area contributed by atoms with Gasteiger partial charge in [-0.05, 0) is 57.9 Å². The summed E-state index contributed by atoms with van der Waals surface area (Å²) < 4.78 is 12.8. The summed E-state index contributed by atoms with van der Waals surface area (Å²) in [6, 6.07) is 0.0598. The van der Waals surface area contributed by atoms with Crippen LogP contribution in [0.1, 0.15) is 75.7 Å². The lowest BCUT2D eigenvalue weighted by atomic mass is 9.91. The Balaban J connectivity index is 1.34. The van der Waals surface area contributed by atoms with Crippen LogP contribution in [0.5, 0.6) is 0 Å². The van der Waals surface area contributed by atoms with E-state index in [4.69, 9.17) is 30.1 Å². The number of carbonyl (C=O) groups is 1. The second kappa shape index (κ2) is 9.66. The highest BCUT2D eigenvalue weighted by atomic mass is 16.6. The minimum absolute atomic E-state index is 0.0598. The fraction of sp³-hybridized carbons (Fsp3) is 0.500. The Hall–Kier alpha value is -4.09. The highest BCUT2D eigenvalue weighted by Gasteiger charge is 2.36. The van der Waals surface area contributed by atoms with Crippen molar-refractivity contribution in [3.8, 4) is 22.8 Å². The molecule has 1 aliphatic carbocycles. The fourth-order valence-electron chi connectivity index (χ4n) is 5.11. The molecule has 1 aliphatic heterocycles. The van der Waals surface area contributed by atoms with E-state index in [0.29, 0.717) is 53.8 Å². The van der Waals surface area contributed by atoms with E-state index in [1.165, 1.54) is 6.33 Å². The van der Waals surface area contributed by atoms with E-state index in [9.17, 15) is 4.79 Å². The van der Waals surface area contributed by atoms with Crippen LogP contribution in [0.25, 0.3) is 33.8 Å². The van der Waals surface area contributed by atoms with Crippen LogP contribution in [0.15, 0.2) is 23.2 Å². The molecule has 198 valence electrons. The van der Waals surface area contributed by atoms with E-state index in [-0.39, 0.29) is 24.0 Å². The SMILES string of the molecule is CCOC(=O)N1CCC(c2cnc(-c3c(-c4nn(C(C)C)c5ncnc(N)c45)noc3C3CC3)nc2)CC1. The van der Waals surface area contributed by atoms with E-state index in [1.54, 1.807) is 4.90 Å². The average Bonchev–Trinajstić information content (AvgIpc) is 3.55. The van der Waals surface area contributed by atoms with Crippen molar-refractivity contribution in [2.45, 2.75) is 64.3 Å². The first kappa shape index (κ1) is 24.3. The molecule has 12 heteroatoms. The highest BCUT2D eigenvalue weighted by Crippen LogP contribution is 2.48. The van der Waals surface area contributed by atoms with Gasteiger partial charge >= 0.3 is 6.09 Å². The summed E-state index contributed by atoms with van der Waals surface area (Å²) in [5.74, 6) is 2.22. The number of nitrogens with two attached hydrogens (primary N) is 1. The van der Waals surface area contributed by atoms with Crippen molar-refractivity contribution in [2.24, 2.45) is 0 Å². The number of fused-ring (bicyclic) bond motifs is 1. The summed E-state index contributed by atoms with van der Waals surface area (Å²) in [4.78, 5) is 32.0. The van der Waals surface area contributed by atoms with Crippen molar-refractivity contribution < 1.29 is 14.1 Å². The Morgan fingerprint density at radius 2 is 1.82 bits per heavy atom. The zero-order chi connectivity index (χ0) is 26.4. The van der Waals surface area contributed by atoms with Crippen molar-refractivity contribution >= 4 is 22.9 Å². The molecule has 1 saturated heterocycles. The number of piperidine rings is 1.